The fourth-order valence-electron chi connectivity index (χ4n) is 3.09. The number of hydrogen-bond acceptors (Lipinski definition) is 6. The first-order chi connectivity index (χ1) is 14.2. The number of carbonyl (C=O) groups excluding carboxylic acids is 4. The molecule has 0 aliphatic carbocycles. The lowest BCUT2D eigenvalue weighted by Crippen LogP contribution is -2.59. The number of anilines is 2. The monoisotopic (exact) mass is 410 g/mol. The molecular formula is C22H22N2O6. The van der Waals surface area contributed by atoms with Gasteiger partial charge >= 0.3 is 5.97 Å². The van der Waals surface area contributed by atoms with Crippen molar-refractivity contribution in [2.24, 2.45) is 0 Å². The van der Waals surface area contributed by atoms with E-state index >= 15 is 0 Å². The molecule has 0 atom stereocenters. The molecule has 0 bridgehead atoms. The van der Waals surface area contributed by atoms with E-state index in [4.69, 9.17) is 9.47 Å². The number of nitrogens with zero attached hydrogens (tertiary/aromatic N) is 1. The summed E-state index contributed by atoms with van der Waals surface area (Å²) in [4.78, 5) is 50.0. The number of nitrogens with one attached hydrogen (secondary N) is 1. The standard InChI is InChI=1S/C22H22N2O6/c1-14(25)15-7-6-8-16(11-15)29-13-20(27)30-12-19(26)24-18-10-5-4-9-17(18)23-21(28)22(24,2)3/h4-11H,12-13H2,1-3H3,(H,23,28). The Morgan fingerprint density at radius 2 is 1.77 bits per heavy atom. The Kier molecular flexibility index (Phi) is 5.86. The zero-order valence-electron chi connectivity index (χ0n) is 16.9. The highest BCUT2D eigenvalue weighted by atomic mass is 16.6. The van der Waals surface area contributed by atoms with E-state index in [0.717, 1.165) is 0 Å². The van der Waals surface area contributed by atoms with Crippen LogP contribution in [0.4, 0.5) is 11.4 Å². The predicted molar refractivity (Wildman–Crippen MR) is 110 cm³/mol. The summed E-state index contributed by atoms with van der Waals surface area (Å²) in [5.74, 6) is -1.40. The van der Waals surface area contributed by atoms with Gasteiger partial charge in [-0.3, -0.25) is 19.3 Å². The Bertz CT molecular complexity index is 1010. The molecule has 1 N–H and O–H groups in total. The van der Waals surface area contributed by atoms with Gasteiger partial charge in [-0.15, -0.1) is 0 Å². The second-order valence-electron chi connectivity index (χ2n) is 7.29. The van der Waals surface area contributed by atoms with Gasteiger partial charge in [-0.05, 0) is 45.0 Å². The molecule has 2 aromatic rings. The second-order valence-corrected chi connectivity index (χ2v) is 7.29. The molecule has 2 aromatic carbocycles. The van der Waals surface area contributed by atoms with Crippen molar-refractivity contribution < 1.29 is 28.7 Å². The maximum Gasteiger partial charge on any atom is 0.344 e. The zero-order valence-corrected chi connectivity index (χ0v) is 16.9. The largest absolute Gasteiger partial charge is 0.482 e. The molecule has 8 nitrogen and oxygen atoms in total. The molecule has 30 heavy (non-hydrogen) atoms. The summed E-state index contributed by atoms with van der Waals surface area (Å²) in [5, 5.41) is 2.77. The van der Waals surface area contributed by atoms with Gasteiger partial charge in [0, 0.05) is 5.56 Å². The summed E-state index contributed by atoms with van der Waals surface area (Å²) in [6.07, 6.45) is 0. The van der Waals surface area contributed by atoms with Crippen molar-refractivity contribution in [2.75, 3.05) is 23.4 Å². The van der Waals surface area contributed by atoms with Crippen molar-refractivity contribution in [1.29, 1.82) is 0 Å². The van der Waals surface area contributed by atoms with Crippen molar-refractivity contribution >= 4 is 34.9 Å². The van der Waals surface area contributed by atoms with Crippen LogP contribution in [0.1, 0.15) is 31.1 Å². The summed E-state index contributed by atoms with van der Waals surface area (Å²) in [7, 11) is 0. The maximum atomic E-state index is 12.8. The van der Waals surface area contributed by atoms with Crippen molar-refractivity contribution in [3.8, 4) is 5.75 Å². The lowest BCUT2D eigenvalue weighted by molar-refractivity contribution is -0.150. The Balaban J connectivity index is 1.62. The fraction of sp³-hybridized carbons (Fsp3) is 0.273. The van der Waals surface area contributed by atoms with Gasteiger partial charge in [-0.2, -0.15) is 0 Å². The molecule has 1 aliphatic rings. The van der Waals surface area contributed by atoms with Crippen LogP contribution in [0.15, 0.2) is 48.5 Å². The number of carbonyl (C=O) groups is 4. The van der Waals surface area contributed by atoms with E-state index in [2.05, 4.69) is 5.32 Å². The van der Waals surface area contributed by atoms with Crippen molar-refractivity contribution in [3.05, 3.63) is 54.1 Å². The second kappa shape index (κ2) is 8.36. The molecule has 0 saturated carbocycles. The van der Waals surface area contributed by atoms with Gasteiger partial charge in [0.15, 0.2) is 19.0 Å². The minimum absolute atomic E-state index is 0.123. The highest BCUT2D eigenvalue weighted by molar-refractivity contribution is 6.14. The molecule has 0 unspecified atom stereocenters. The first-order valence-corrected chi connectivity index (χ1v) is 9.33. The Labute approximate surface area is 173 Å². The van der Waals surface area contributed by atoms with Crippen LogP contribution in [0.5, 0.6) is 5.75 Å². The van der Waals surface area contributed by atoms with Crippen LogP contribution in [0, 0.1) is 0 Å². The molecular weight excluding hydrogens is 388 g/mol. The number of ether oxygens (including phenoxy) is 2. The quantitative estimate of drug-likeness (QED) is 0.580. The lowest BCUT2D eigenvalue weighted by Gasteiger charge is -2.41. The molecule has 1 aliphatic heterocycles. The van der Waals surface area contributed by atoms with Crippen LogP contribution in [-0.2, 0) is 19.1 Å². The number of ketones is 1. The average Bonchev–Trinajstić information content (AvgIpc) is 2.71. The van der Waals surface area contributed by atoms with Crippen LogP contribution in [0.2, 0.25) is 0 Å². The molecule has 156 valence electrons. The fourth-order valence-corrected chi connectivity index (χ4v) is 3.09. The van der Waals surface area contributed by atoms with E-state index in [1.54, 1.807) is 56.3 Å². The Morgan fingerprint density at radius 1 is 1.03 bits per heavy atom. The molecule has 0 saturated heterocycles. The number of hydrogen-bond donors (Lipinski definition) is 1. The van der Waals surface area contributed by atoms with Crippen LogP contribution in [0.3, 0.4) is 0 Å². The first kappa shape index (κ1) is 21.0. The van der Waals surface area contributed by atoms with Gasteiger partial charge in [0.1, 0.15) is 11.3 Å². The van der Waals surface area contributed by atoms with Crippen LogP contribution < -0.4 is 15.0 Å². The third kappa shape index (κ3) is 4.32. The van der Waals surface area contributed by atoms with E-state index in [9.17, 15) is 19.2 Å². The summed E-state index contributed by atoms with van der Waals surface area (Å²) in [5.41, 5.74) is 0.345. The molecule has 0 fully saturated rings. The van der Waals surface area contributed by atoms with Crippen molar-refractivity contribution in [3.63, 3.8) is 0 Å². The molecule has 8 heteroatoms. The van der Waals surface area contributed by atoms with E-state index in [1.807, 2.05) is 0 Å². The SMILES string of the molecule is CC(=O)c1cccc(OCC(=O)OCC(=O)N2c3ccccc3NC(=O)C2(C)C)c1. The number of para-hydroxylation sites is 2. The van der Waals surface area contributed by atoms with Gasteiger partial charge in [0.2, 0.25) is 5.91 Å². The summed E-state index contributed by atoms with van der Waals surface area (Å²) >= 11 is 0. The van der Waals surface area contributed by atoms with Gasteiger partial charge in [-0.25, -0.2) is 4.79 Å². The summed E-state index contributed by atoms with van der Waals surface area (Å²) in [6, 6.07) is 13.3. The normalized spacial score (nSPS) is 14.4. The third-order valence-electron chi connectivity index (χ3n) is 4.71. The molecule has 2 amide bonds. The van der Waals surface area contributed by atoms with Crippen molar-refractivity contribution in [2.45, 2.75) is 26.3 Å². The highest BCUT2D eigenvalue weighted by Gasteiger charge is 2.43. The number of Topliss-reactive ketones (excluding diaryl/α,β-unsaturated/α-hetero) is 1. The van der Waals surface area contributed by atoms with Gasteiger partial charge in [-0.1, -0.05) is 24.3 Å². The van der Waals surface area contributed by atoms with Crippen molar-refractivity contribution in [1.82, 2.24) is 0 Å². The van der Waals surface area contributed by atoms with Crippen LogP contribution in [0.25, 0.3) is 0 Å². The molecule has 3 rings (SSSR count). The van der Waals surface area contributed by atoms with Gasteiger partial charge in [0.25, 0.3) is 5.91 Å². The number of amides is 2. The lowest BCUT2D eigenvalue weighted by atomic mass is 9.96. The van der Waals surface area contributed by atoms with Gasteiger partial charge < -0.3 is 14.8 Å². The van der Waals surface area contributed by atoms with E-state index in [1.165, 1.54) is 17.9 Å². The average molecular weight is 410 g/mol. The molecule has 0 spiro atoms. The number of esters is 1. The number of fused-ring (bicyclic) bond motifs is 1. The van der Waals surface area contributed by atoms with E-state index in [0.29, 0.717) is 22.7 Å². The zero-order chi connectivity index (χ0) is 21.9. The maximum absolute atomic E-state index is 12.8. The summed E-state index contributed by atoms with van der Waals surface area (Å²) < 4.78 is 10.4. The van der Waals surface area contributed by atoms with E-state index < -0.39 is 30.6 Å². The highest BCUT2D eigenvalue weighted by Crippen LogP contribution is 2.36. The molecule has 0 radical (unpaired) electrons. The number of rotatable bonds is 6. The topological polar surface area (TPSA) is 102 Å². The van der Waals surface area contributed by atoms with Crippen LogP contribution in [-0.4, -0.2) is 42.3 Å². The Hall–Kier alpha value is -3.68. The van der Waals surface area contributed by atoms with E-state index in [-0.39, 0.29) is 11.7 Å². The predicted octanol–water partition coefficient (Wildman–Crippen LogP) is 2.58. The van der Waals surface area contributed by atoms with Crippen LogP contribution >= 0.6 is 0 Å². The first-order valence-electron chi connectivity index (χ1n) is 9.33. The Morgan fingerprint density at radius 3 is 2.50 bits per heavy atom. The molecule has 0 aromatic heterocycles. The number of benzene rings is 2. The molecule has 1 heterocycles. The van der Waals surface area contributed by atoms with Gasteiger partial charge in [0.05, 0.1) is 11.4 Å². The minimum atomic E-state index is -1.15. The third-order valence-corrected chi connectivity index (χ3v) is 4.71. The minimum Gasteiger partial charge on any atom is -0.482 e. The summed E-state index contributed by atoms with van der Waals surface area (Å²) in [6.45, 7) is 3.70. The smallest absolute Gasteiger partial charge is 0.344 e.